The topological polar surface area (TPSA) is 49.5 Å². The number of aromatic nitrogens is 1. The molecule has 1 aromatic carbocycles. The van der Waals surface area contributed by atoms with E-state index in [9.17, 15) is 5.11 Å². The summed E-state index contributed by atoms with van der Waals surface area (Å²) in [6.45, 7) is 2.08. The van der Waals surface area contributed by atoms with Crippen molar-refractivity contribution in [2.24, 2.45) is 0 Å². The lowest BCUT2D eigenvalue weighted by Crippen LogP contribution is -2.39. The summed E-state index contributed by atoms with van der Waals surface area (Å²) in [7, 11) is 0. The Hall–Kier alpha value is -1.36. The van der Waals surface area contributed by atoms with Gasteiger partial charge >= 0.3 is 0 Å². The van der Waals surface area contributed by atoms with Crippen LogP contribution in [-0.2, 0) is 6.54 Å². The van der Waals surface area contributed by atoms with Crippen molar-refractivity contribution >= 4 is 11.6 Å². The van der Waals surface area contributed by atoms with E-state index in [2.05, 4.69) is 9.88 Å². The molecule has 1 N–H and O–H groups in total. The largest absolute Gasteiger partial charge is 0.444 e. The molecule has 1 saturated heterocycles. The average Bonchev–Trinajstić information content (AvgIpc) is 2.98. The van der Waals surface area contributed by atoms with Gasteiger partial charge in [-0.15, -0.1) is 0 Å². The van der Waals surface area contributed by atoms with Crippen molar-refractivity contribution in [1.29, 1.82) is 0 Å². The molecule has 1 aromatic heterocycles. The Kier molecular flexibility index (Phi) is 5.13. The summed E-state index contributed by atoms with van der Waals surface area (Å²) in [6.07, 6.45) is 6.16. The maximum atomic E-state index is 9.21. The number of hydrogen-bond acceptors (Lipinski definition) is 4. The minimum atomic E-state index is 0.244. The molecule has 1 aliphatic heterocycles. The van der Waals surface area contributed by atoms with Gasteiger partial charge in [0.1, 0.15) is 6.26 Å². The fraction of sp³-hybridized carbons (Fsp3) is 0.471. The van der Waals surface area contributed by atoms with Gasteiger partial charge in [-0.3, -0.25) is 4.90 Å². The van der Waals surface area contributed by atoms with Crippen molar-refractivity contribution in [3.05, 3.63) is 41.2 Å². The lowest BCUT2D eigenvalue weighted by Gasteiger charge is -2.34. The molecule has 0 amide bonds. The highest BCUT2D eigenvalue weighted by atomic mass is 35.5. The first-order valence-electron chi connectivity index (χ1n) is 7.81. The van der Waals surface area contributed by atoms with E-state index in [4.69, 9.17) is 16.0 Å². The molecule has 2 aromatic rings. The summed E-state index contributed by atoms with van der Waals surface area (Å²) in [5.41, 5.74) is 1.82. The Morgan fingerprint density at radius 3 is 3.09 bits per heavy atom. The number of halogens is 1. The Morgan fingerprint density at radius 1 is 1.36 bits per heavy atom. The zero-order chi connectivity index (χ0) is 15.4. The van der Waals surface area contributed by atoms with Gasteiger partial charge in [-0.05, 0) is 44.0 Å². The lowest BCUT2D eigenvalue weighted by molar-refractivity contribution is 0.111. The number of benzene rings is 1. The minimum absolute atomic E-state index is 0.244. The zero-order valence-corrected chi connectivity index (χ0v) is 13.3. The van der Waals surface area contributed by atoms with E-state index in [1.165, 1.54) is 12.8 Å². The molecule has 0 spiro atoms. The quantitative estimate of drug-likeness (QED) is 0.912. The summed E-state index contributed by atoms with van der Waals surface area (Å²) in [5.74, 6) is 0.605. The van der Waals surface area contributed by atoms with Crippen LogP contribution in [0, 0.1) is 0 Å². The monoisotopic (exact) mass is 320 g/mol. The van der Waals surface area contributed by atoms with Gasteiger partial charge in [0.05, 0.1) is 5.69 Å². The molecule has 1 fully saturated rings. The van der Waals surface area contributed by atoms with Crippen LogP contribution in [-0.4, -0.2) is 34.2 Å². The number of aliphatic hydroxyl groups excluding tert-OH is 1. The van der Waals surface area contributed by atoms with Gasteiger partial charge in [-0.2, -0.15) is 0 Å². The first-order valence-corrected chi connectivity index (χ1v) is 8.19. The number of oxazole rings is 1. The molecule has 3 rings (SSSR count). The van der Waals surface area contributed by atoms with Gasteiger partial charge in [0.25, 0.3) is 0 Å². The van der Waals surface area contributed by atoms with E-state index in [1.54, 1.807) is 6.26 Å². The van der Waals surface area contributed by atoms with Crippen molar-refractivity contribution in [2.45, 2.75) is 38.3 Å². The summed E-state index contributed by atoms with van der Waals surface area (Å²) >= 11 is 6.01. The highest BCUT2D eigenvalue weighted by Gasteiger charge is 2.23. The number of nitrogens with zero attached hydrogens (tertiary/aromatic N) is 2. The molecule has 1 atom stereocenters. The molecular formula is C17H21ClN2O2. The van der Waals surface area contributed by atoms with Gasteiger partial charge < -0.3 is 9.52 Å². The fourth-order valence-electron chi connectivity index (χ4n) is 3.09. The predicted molar refractivity (Wildman–Crippen MR) is 86.7 cm³/mol. The van der Waals surface area contributed by atoms with Crippen molar-refractivity contribution in [2.75, 3.05) is 13.2 Å². The third-order valence-electron chi connectivity index (χ3n) is 4.20. The van der Waals surface area contributed by atoms with Crippen LogP contribution in [0.15, 0.2) is 34.9 Å². The second kappa shape index (κ2) is 7.27. The third kappa shape index (κ3) is 3.69. The molecule has 0 saturated carbocycles. The molecule has 0 aliphatic carbocycles. The van der Waals surface area contributed by atoms with Crippen LogP contribution in [0.3, 0.4) is 0 Å². The minimum Gasteiger partial charge on any atom is -0.444 e. The highest BCUT2D eigenvalue weighted by Crippen LogP contribution is 2.25. The highest BCUT2D eigenvalue weighted by molar-refractivity contribution is 6.30. The van der Waals surface area contributed by atoms with Crippen LogP contribution in [0.1, 0.15) is 31.4 Å². The molecule has 1 unspecified atom stereocenters. The molecule has 0 radical (unpaired) electrons. The molecule has 0 bridgehead atoms. The van der Waals surface area contributed by atoms with Crippen molar-refractivity contribution < 1.29 is 9.52 Å². The smallest absolute Gasteiger partial charge is 0.226 e. The summed E-state index contributed by atoms with van der Waals surface area (Å²) in [6, 6.07) is 7.97. The van der Waals surface area contributed by atoms with E-state index in [1.807, 2.05) is 24.3 Å². The molecule has 22 heavy (non-hydrogen) atoms. The van der Waals surface area contributed by atoms with Crippen molar-refractivity contribution in [1.82, 2.24) is 9.88 Å². The SMILES string of the molecule is OCCC1CCCCN1Cc1coc(-c2cccc(Cl)c2)n1. The van der Waals surface area contributed by atoms with Crippen LogP contribution in [0.2, 0.25) is 5.02 Å². The van der Waals surface area contributed by atoms with E-state index in [0.29, 0.717) is 17.0 Å². The van der Waals surface area contributed by atoms with E-state index >= 15 is 0 Å². The van der Waals surface area contributed by atoms with Crippen LogP contribution in [0.4, 0.5) is 0 Å². The average molecular weight is 321 g/mol. The molecule has 118 valence electrons. The Bertz CT molecular complexity index is 612. The standard InChI is InChI=1S/C17H21ClN2O2/c18-14-5-3-4-13(10-14)17-19-15(12-22-17)11-20-8-2-1-6-16(20)7-9-21/h3-5,10,12,16,21H,1-2,6-9,11H2. The number of hydrogen-bond donors (Lipinski definition) is 1. The lowest BCUT2D eigenvalue weighted by atomic mass is 9.99. The van der Waals surface area contributed by atoms with Crippen molar-refractivity contribution in [3.63, 3.8) is 0 Å². The maximum Gasteiger partial charge on any atom is 0.226 e. The van der Waals surface area contributed by atoms with Gasteiger partial charge in [-0.25, -0.2) is 4.98 Å². The first-order chi connectivity index (χ1) is 10.8. The van der Waals surface area contributed by atoms with Gasteiger partial charge in [0.2, 0.25) is 5.89 Å². The molecule has 5 heteroatoms. The van der Waals surface area contributed by atoms with Crippen LogP contribution in [0.5, 0.6) is 0 Å². The Morgan fingerprint density at radius 2 is 2.27 bits per heavy atom. The predicted octanol–water partition coefficient (Wildman–Crippen LogP) is 3.73. The van der Waals surface area contributed by atoms with Gasteiger partial charge in [0, 0.05) is 29.8 Å². The maximum absolute atomic E-state index is 9.21. The molecule has 2 heterocycles. The molecule has 1 aliphatic rings. The summed E-state index contributed by atoms with van der Waals surface area (Å²) in [4.78, 5) is 6.98. The number of rotatable bonds is 5. The van der Waals surface area contributed by atoms with Crippen molar-refractivity contribution in [3.8, 4) is 11.5 Å². The summed E-state index contributed by atoms with van der Waals surface area (Å²) in [5, 5.41) is 9.88. The number of piperidine rings is 1. The molecule has 4 nitrogen and oxygen atoms in total. The normalized spacial score (nSPS) is 19.5. The second-order valence-corrected chi connectivity index (χ2v) is 6.22. The summed E-state index contributed by atoms with van der Waals surface area (Å²) < 4.78 is 5.60. The second-order valence-electron chi connectivity index (χ2n) is 5.79. The Balaban J connectivity index is 1.71. The van der Waals surface area contributed by atoms with E-state index in [0.717, 1.165) is 37.2 Å². The number of likely N-dealkylation sites (tertiary alicyclic amines) is 1. The van der Waals surface area contributed by atoms with Crippen LogP contribution < -0.4 is 0 Å². The van der Waals surface area contributed by atoms with Crippen LogP contribution >= 0.6 is 11.6 Å². The first kappa shape index (κ1) is 15.5. The number of aliphatic hydroxyl groups is 1. The zero-order valence-electron chi connectivity index (χ0n) is 12.5. The third-order valence-corrected chi connectivity index (χ3v) is 4.43. The Labute approximate surface area is 135 Å². The van der Waals surface area contributed by atoms with Crippen LogP contribution in [0.25, 0.3) is 11.5 Å². The van der Waals surface area contributed by atoms with Gasteiger partial charge in [-0.1, -0.05) is 24.1 Å². The van der Waals surface area contributed by atoms with Gasteiger partial charge in [0.15, 0.2) is 0 Å². The van der Waals surface area contributed by atoms with E-state index < -0.39 is 0 Å². The van der Waals surface area contributed by atoms with E-state index in [-0.39, 0.29) is 6.61 Å². The fourth-order valence-corrected chi connectivity index (χ4v) is 3.28. The molecular weight excluding hydrogens is 300 g/mol.